The number of likely N-dealkylation sites (N-methyl/N-ethyl adjacent to an activating group) is 1. The molecule has 1 unspecified atom stereocenters. The summed E-state index contributed by atoms with van der Waals surface area (Å²) in [5.74, 6) is -0.284. The number of benzene rings is 2. The molecular weight excluding hydrogens is 387 g/mol. The van der Waals surface area contributed by atoms with Crippen LogP contribution in [0.2, 0.25) is 5.02 Å². The molecule has 1 aliphatic heterocycles. The van der Waals surface area contributed by atoms with Crippen molar-refractivity contribution in [2.24, 2.45) is 0 Å². The molecule has 3 aromatic rings. The van der Waals surface area contributed by atoms with Gasteiger partial charge in [-0.25, -0.2) is 4.39 Å². The molecule has 0 radical (unpaired) electrons. The van der Waals surface area contributed by atoms with E-state index in [1.807, 2.05) is 12.1 Å². The Labute approximate surface area is 176 Å². The molecule has 1 N–H and O–H groups in total. The molecule has 0 amide bonds. The molecule has 4 rings (SSSR count). The topological polar surface area (TPSA) is 28.4 Å². The van der Waals surface area contributed by atoms with Crippen molar-refractivity contribution in [3.8, 4) is 0 Å². The molecule has 1 aromatic heterocycles. The van der Waals surface area contributed by atoms with Crippen LogP contribution in [-0.2, 0) is 25.1 Å². The number of hydrogen-bond acceptors (Lipinski definition) is 2. The van der Waals surface area contributed by atoms with Crippen LogP contribution in [0, 0.1) is 5.82 Å². The first-order valence-electron chi connectivity index (χ1n) is 10.4. The predicted octanol–water partition coefficient (Wildman–Crippen LogP) is 5.50. The summed E-state index contributed by atoms with van der Waals surface area (Å²) in [6, 6.07) is 12.3. The highest BCUT2D eigenvalue weighted by molar-refractivity contribution is 6.31. The average Bonchev–Trinajstić information content (AvgIpc) is 2.99. The summed E-state index contributed by atoms with van der Waals surface area (Å²) < 4.78 is 15.8. The van der Waals surface area contributed by atoms with Crippen molar-refractivity contribution >= 4 is 22.5 Å². The molecule has 3 nitrogen and oxygen atoms in total. The molecule has 0 aliphatic carbocycles. The lowest BCUT2D eigenvalue weighted by atomic mass is 9.88. The minimum Gasteiger partial charge on any atom is -0.383 e. The van der Waals surface area contributed by atoms with Crippen LogP contribution in [0.15, 0.2) is 42.5 Å². The van der Waals surface area contributed by atoms with Gasteiger partial charge in [0.25, 0.3) is 0 Å². The highest BCUT2D eigenvalue weighted by atomic mass is 35.5. The molecular formula is C24H28ClFN2O. The number of fused-ring (bicyclic) bond motifs is 3. The van der Waals surface area contributed by atoms with E-state index in [-0.39, 0.29) is 5.82 Å². The first-order chi connectivity index (χ1) is 13.9. The maximum Gasteiger partial charge on any atom is 0.123 e. The minimum absolute atomic E-state index is 0.284. The number of hydrogen-bond donors (Lipinski definition) is 1. The molecule has 0 saturated heterocycles. The zero-order valence-corrected chi connectivity index (χ0v) is 17.8. The minimum atomic E-state index is -1.05. The lowest BCUT2D eigenvalue weighted by Gasteiger charge is -2.32. The van der Waals surface area contributed by atoms with Gasteiger partial charge in [-0.05, 0) is 54.9 Å². The molecule has 0 bridgehead atoms. The van der Waals surface area contributed by atoms with Crippen molar-refractivity contribution in [1.29, 1.82) is 0 Å². The second kappa shape index (κ2) is 8.10. The smallest absolute Gasteiger partial charge is 0.123 e. The van der Waals surface area contributed by atoms with E-state index in [9.17, 15) is 9.50 Å². The van der Waals surface area contributed by atoms with Crippen LogP contribution in [0.25, 0.3) is 10.9 Å². The van der Waals surface area contributed by atoms with Gasteiger partial charge in [-0.1, -0.05) is 43.5 Å². The fraction of sp³-hybridized carbons (Fsp3) is 0.417. The number of halogens is 2. The highest BCUT2D eigenvalue weighted by Gasteiger charge is 2.32. The van der Waals surface area contributed by atoms with Crippen LogP contribution < -0.4 is 0 Å². The molecule has 5 heteroatoms. The number of nitrogens with zero attached hydrogens (tertiary/aromatic N) is 2. The van der Waals surface area contributed by atoms with Gasteiger partial charge in [-0.15, -0.1) is 0 Å². The Morgan fingerprint density at radius 2 is 1.93 bits per heavy atom. The van der Waals surface area contributed by atoms with Crippen LogP contribution >= 0.6 is 11.6 Å². The van der Waals surface area contributed by atoms with Crippen LogP contribution in [0.1, 0.15) is 43.0 Å². The zero-order valence-electron chi connectivity index (χ0n) is 17.1. The lowest BCUT2D eigenvalue weighted by Crippen LogP contribution is -2.34. The summed E-state index contributed by atoms with van der Waals surface area (Å²) in [5.41, 5.74) is 3.40. The number of unbranched alkanes of at least 4 members (excludes halogenated alkanes) is 1. The number of aliphatic hydroxyl groups is 1. The quantitative estimate of drug-likeness (QED) is 0.576. The molecule has 0 spiro atoms. The first kappa shape index (κ1) is 20.4. The normalized spacial score (nSPS) is 16.7. The maximum atomic E-state index is 13.5. The van der Waals surface area contributed by atoms with Gasteiger partial charge < -0.3 is 14.6 Å². The molecule has 1 atom stereocenters. The summed E-state index contributed by atoms with van der Waals surface area (Å²) >= 11 is 6.31. The Kier molecular flexibility index (Phi) is 5.69. The van der Waals surface area contributed by atoms with Crippen molar-refractivity contribution in [3.05, 3.63) is 70.1 Å². The Morgan fingerprint density at radius 3 is 2.66 bits per heavy atom. The van der Waals surface area contributed by atoms with Crippen molar-refractivity contribution in [2.75, 3.05) is 13.6 Å². The first-order valence-corrected chi connectivity index (χ1v) is 10.8. The van der Waals surface area contributed by atoms with Crippen molar-refractivity contribution in [2.45, 2.75) is 51.3 Å². The van der Waals surface area contributed by atoms with E-state index in [1.165, 1.54) is 23.4 Å². The van der Waals surface area contributed by atoms with Crippen LogP contribution in [0.4, 0.5) is 4.39 Å². The monoisotopic (exact) mass is 414 g/mol. The average molecular weight is 415 g/mol. The molecule has 2 aromatic carbocycles. The Balaban J connectivity index is 1.83. The molecule has 2 heterocycles. The molecule has 154 valence electrons. The van der Waals surface area contributed by atoms with Crippen LogP contribution in [0.3, 0.4) is 0 Å². The number of rotatable bonds is 6. The number of aromatic nitrogens is 1. The SMILES string of the molecule is CCCCC(O)(Cn1c2c(c3cc(Cl)ccc31)CN(C)CC2)c1ccc(F)cc1. The van der Waals surface area contributed by atoms with Gasteiger partial charge in [-0.3, -0.25) is 0 Å². The van der Waals surface area contributed by atoms with Crippen molar-refractivity contribution < 1.29 is 9.50 Å². The molecule has 0 saturated carbocycles. The zero-order chi connectivity index (χ0) is 20.6. The highest BCUT2D eigenvalue weighted by Crippen LogP contribution is 2.37. The van der Waals surface area contributed by atoms with Gasteiger partial charge in [0, 0.05) is 41.1 Å². The van der Waals surface area contributed by atoms with Crippen molar-refractivity contribution in [3.63, 3.8) is 0 Å². The second-order valence-electron chi connectivity index (χ2n) is 8.30. The molecule has 1 aliphatic rings. The van der Waals surface area contributed by atoms with Gasteiger partial charge in [0.15, 0.2) is 0 Å². The van der Waals surface area contributed by atoms with Crippen LogP contribution in [-0.4, -0.2) is 28.2 Å². The van der Waals surface area contributed by atoms with E-state index in [0.717, 1.165) is 53.8 Å². The van der Waals surface area contributed by atoms with Gasteiger partial charge >= 0.3 is 0 Å². The van der Waals surface area contributed by atoms with Gasteiger partial charge in [0.05, 0.1) is 6.54 Å². The third-order valence-electron chi connectivity index (χ3n) is 6.15. The van der Waals surface area contributed by atoms with E-state index >= 15 is 0 Å². The van der Waals surface area contributed by atoms with E-state index in [2.05, 4.69) is 29.5 Å². The van der Waals surface area contributed by atoms with Gasteiger partial charge in [0.2, 0.25) is 0 Å². The van der Waals surface area contributed by atoms with E-state index in [0.29, 0.717) is 13.0 Å². The second-order valence-corrected chi connectivity index (χ2v) is 8.74. The Bertz CT molecular complexity index is 1010. The van der Waals surface area contributed by atoms with Crippen LogP contribution in [0.5, 0.6) is 0 Å². The largest absolute Gasteiger partial charge is 0.383 e. The summed E-state index contributed by atoms with van der Waals surface area (Å²) in [6.07, 6.45) is 3.47. The lowest BCUT2D eigenvalue weighted by molar-refractivity contribution is 0.00772. The van der Waals surface area contributed by atoms with E-state index in [4.69, 9.17) is 11.6 Å². The fourth-order valence-electron chi connectivity index (χ4n) is 4.54. The summed E-state index contributed by atoms with van der Waals surface area (Å²) in [7, 11) is 2.13. The maximum absolute atomic E-state index is 13.5. The third kappa shape index (κ3) is 3.94. The summed E-state index contributed by atoms with van der Waals surface area (Å²) in [4.78, 5) is 2.32. The van der Waals surface area contributed by atoms with E-state index in [1.54, 1.807) is 12.1 Å². The van der Waals surface area contributed by atoms with Crippen molar-refractivity contribution in [1.82, 2.24) is 9.47 Å². The Hall–Kier alpha value is -1.88. The standard InChI is InChI=1S/C24H28ClFN2O/c1-3-4-12-24(29,17-5-8-19(26)9-6-17)16-28-22-10-7-18(25)14-20(22)21-15-27(2)13-11-23(21)28/h5-10,14,29H,3-4,11-13,15-16H2,1-2H3. The third-order valence-corrected chi connectivity index (χ3v) is 6.39. The fourth-order valence-corrected chi connectivity index (χ4v) is 4.72. The molecule has 0 fully saturated rings. The summed E-state index contributed by atoms with van der Waals surface area (Å²) in [6.45, 7) is 4.44. The van der Waals surface area contributed by atoms with Gasteiger partial charge in [0.1, 0.15) is 11.4 Å². The predicted molar refractivity (Wildman–Crippen MR) is 117 cm³/mol. The summed E-state index contributed by atoms with van der Waals surface area (Å²) in [5, 5.41) is 13.7. The van der Waals surface area contributed by atoms with E-state index < -0.39 is 5.60 Å². The molecule has 29 heavy (non-hydrogen) atoms. The Morgan fingerprint density at radius 1 is 1.17 bits per heavy atom. The van der Waals surface area contributed by atoms with Gasteiger partial charge in [-0.2, -0.15) is 0 Å².